The number of aliphatic hydroxyl groups is 2. The molecule has 718 valence electrons. The van der Waals surface area contributed by atoms with Gasteiger partial charge < -0.3 is 59.3 Å². The average Bonchev–Trinajstić information content (AvgIpc) is 1.68. The number of para-hydroxylation sites is 1. The van der Waals surface area contributed by atoms with Crippen LogP contribution in [0.15, 0.2) is 218 Å². The first-order valence-corrected chi connectivity index (χ1v) is 46.2. The minimum absolute atomic E-state index is 0.0259. The molecule has 0 radical (unpaired) electrons. The number of nitrogens with zero attached hydrogens (tertiary/aromatic N) is 12. The van der Waals surface area contributed by atoms with E-state index in [0.717, 1.165) is 121 Å². The van der Waals surface area contributed by atoms with E-state index in [1.807, 2.05) is 171 Å². The number of ether oxygens (including phenoxy) is 4. The molecule has 6 aromatic heterocycles. The van der Waals surface area contributed by atoms with Gasteiger partial charge in [-0.25, -0.2) is 14.2 Å². The normalized spacial score (nSPS) is 17.1. The van der Waals surface area contributed by atoms with Gasteiger partial charge in [0.1, 0.15) is 41.3 Å². The summed E-state index contributed by atoms with van der Waals surface area (Å²) in [5, 5.41) is 51.8. The predicted molar refractivity (Wildman–Crippen MR) is 517 cm³/mol. The number of amides is 2. The van der Waals surface area contributed by atoms with Crippen LogP contribution in [0.1, 0.15) is 207 Å². The van der Waals surface area contributed by atoms with E-state index in [2.05, 4.69) is 90.4 Å². The van der Waals surface area contributed by atoms with Crippen LogP contribution in [0.3, 0.4) is 0 Å². The van der Waals surface area contributed by atoms with E-state index in [1.54, 1.807) is 98.0 Å². The number of likely N-dealkylation sites (tertiary alicyclic amines) is 1. The number of benzene rings is 5. The lowest BCUT2D eigenvalue weighted by Crippen LogP contribution is -2.49. The van der Waals surface area contributed by atoms with Crippen LogP contribution in [0.4, 0.5) is 23.2 Å². The van der Waals surface area contributed by atoms with E-state index >= 15 is 0 Å². The molecule has 25 nitrogen and oxygen atoms in total. The van der Waals surface area contributed by atoms with Gasteiger partial charge in [0, 0.05) is 166 Å². The number of aliphatic carboxylic acids is 1. The Hall–Kier alpha value is -12.6. The quantitative estimate of drug-likeness (QED) is 0.0285. The zero-order valence-corrected chi connectivity index (χ0v) is 80.5. The standard InChI is InChI=1S/C20H21F3N2O2.C19H26N6O.C19H22N2O.C17H21ClN2O2.C16H18FNO2.C14H19NO3/c1-4-25-11-18(13(3)14-6-5-12(2)24-10-14)27-17-8-7-15(20(21,22)23)9-16(17)19(25)26;1-15(17-6-7-22-24(17)3)18(14-25-10-8-23(2)9-11-25)26-19-5-4-16(12-20)13-21-19;1-14(9-11-21-16-4-3-10-20-13-16)18-8-6-15-5-7-17(22-2)12-19(15)18;1-10(2)15-9-11(3)20(19-15)16(17(21)22)12(4)13-7-5-6-8-14(13)18;1-11(13-4-2-3-5-14(13)17)15(19)8-6-12-7-9-16(20)18-10-12;1-9(2)15-8-11(16)13(14(15)17)10-6-4-5-7-12(10)18-3/h5-10,13,18H,4,11H2,1-3H3;4-7,13,15,18H,8-11,14H2,1-3H3;3-5,7-8,10,12-14,21H,6,9,11H2,1-2H3;5-10,12,16H,1-4H3,(H,21,22);2-5,7,9-11,15,19H,6,8H2,1H3,(H,18,20);4-7,9,11,13,16H,8H2,1-3H3. The largest absolute Gasteiger partial charge is 0.497 e. The Morgan fingerprint density at radius 3 is 2.08 bits per heavy atom. The van der Waals surface area contributed by atoms with Crippen molar-refractivity contribution in [2.75, 3.05) is 85.5 Å². The highest BCUT2D eigenvalue weighted by Gasteiger charge is 2.43. The summed E-state index contributed by atoms with van der Waals surface area (Å²) in [4.78, 5) is 71.2. The van der Waals surface area contributed by atoms with E-state index in [-0.39, 0.29) is 70.3 Å². The number of rotatable bonds is 28. The van der Waals surface area contributed by atoms with Crippen molar-refractivity contribution < 1.29 is 66.2 Å². The van der Waals surface area contributed by atoms with Crippen molar-refractivity contribution in [3.8, 4) is 29.2 Å². The van der Waals surface area contributed by atoms with E-state index in [1.165, 1.54) is 39.8 Å². The van der Waals surface area contributed by atoms with Crippen molar-refractivity contribution >= 4 is 40.6 Å². The van der Waals surface area contributed by atoms with Gasteiger partial charge in [0.05, 0.1) is 67.0 Å². The van der Waals surface area contributed by atoms with Crippen LogP contribution in [0.2, 0.25) is 5.02 Å². The minimum Gasteiger partial charge on any atom is -0.497 e. The maximum Gasteiger partial charge on any atom is 0.416 e. The second-order valence-electron chi connectivity index (χ2n) is 35.2. The number of aryl methyl sites for hydroxylation is 4. The first kappa shape index (κ1) is 104. The Morgan fingerprint density at radius 1 is 0.756 bits per heavy atom. The number of pyridine rings is 4. The predicted octanol–water partition coefficient (Wildman–Crippen LogP) is 18.5. The third-order valence-electron chi connectivity index (χ3n) is 25.1. The number of carbonyl (C=O) groups is 3. The van der Waals surface area contributed by atoms with Gasteiger partial charge in [-0.15, -0.1) is 0 Å². The number of aliphatic hydroxyl groups excluding tert-OH is 2. The Kier molecular flexibility index (Phi) is 38.4. The third kappa shape index (κ3) is 28.5. The number of β-amino-alcohol motifs (C(OH)–C–C–N with tert-alkyl or cyclic N) is 1. The number of carboxylic acids is 1. The number of hydrogen-bond acceptors (Lipinski definition) is 19. The first-order chi connectivity index (χ1) is 64.5. The number of likely N-dealkylation sites (N-methyl/N-ethyl adjacent to an activating group) is 2. The second-order valence-corrected chi connectivity index (χ2v) is 35.6. The minimum atomic E-state index is -4.51. The second kappa shape index (κ2) is 49.6. The number of alkyl halides is 3. The average molecular weight is 1870 g/mol. The molecule has 0 spiro atoms. The summed E-state index contributed by atoms with van der Waals surface area (Å²) in [5.41, 5.74) is 12.5. The maximum atomic E-state index is 13.7. The summed E-state index contributed by atoms with van der Waals surface area (Å²) in [6.45, 7) is 30.7. The molecule has 2 fully saturated rings. The lowest BCUT2D eigenvalue weighted by Gasteiger charge is -2.36. The number of aromatic amines is 1. The summed E-state index contributed by atoms with van der Waals surface area (Å²) in [7, 11) is 7.41. The smallest absolute Gasteiger partial charge is 0.416 e. The molecule has 0 bridgehead atoms. The SMILES string of the molecule is CC(c1ccccc1F)C(O)CCc1ccc(=O)[nH]c1.CC(c1ccnn1C)C(CN1CCN(C)CC1)Oc1ccc(C#N)cn1.CCN1CC(C(C)c2ccc(C)nc2)Oc2ccc(C(F)(F)F)cc2C1=O.COc1ccc2c(c1)C(C(C)CCNc1cccnc1)=CC2.COc1ccccc1C1C(=O)N(C(C)C)CC1O.Cc1cc(C(C)C)nn1C(C(=O)O)C(C)c1ccccc1Cl. The number of H-pyrrole nitrogens is 1. The highest BCUT2D eigenvalue weighted by atomic mass is 35.5. The number of nitriles is 1. The van der Waals surface area contributed by atoms with E-state index in [9.17, 15) is 52.1 Å². The lowest BCUT2D eigenvalue weighted by atomic mass is 9.91. The first-order valence-electron chi connectivity index (χ1n) is 45.8. The highest BCUT2D eigenvalue weighted by molar-refractivity contribution is 6.31. The van der Waals surface area contributed by atoms with Crippen molar-refractivity contribution in [2.24, 2.45) is 13.0 Å². The lowest BCUT2D eigenvalue weighted by molar-refractivity contribution is -0.142. The molecule has 1 aliphatic carbocycles. The van der Waals surface area contributed by atoms with E-state index < -0.39 is 53.9 Å². The number of carbonyl (C=O) groups excluding carboxylic acids is 2. The van der Waals surface area contributed by atoms with Gasteiger partial charge in [0.2, 0.25) is 17.3 Å². The molecule has 11 atom stereocenters. The van der Waals surface area contributed by atoms with Gasteiger partial charge in [0.25, 0.3) is 5.91 Å². The summed E-state index contributed by atoms with van der Waals surface area (Å²) < 4.78 is 79.2. The number of piperazine rings is 1. The Morgan fingerprint density at radius 2 is 1.48 bits per heavy atom. The molecule has 2 saturated heterocycles. The number of anilines is 1. The monoisotopic (exact) mass is 1870 g/mol. The Bertz CT molecular complexity index is 5780. The van der Waals surface area contributed by atoms with Gasteiger partial charge in [-0.05, 0) is 203 Å². The van der Waals surface area contributed by atoms with Crippen LogP contribution >= 0.6 is 11.6 Å². The van der Waals surface area contributed by atoms with Crippen molar-refractivity contribution in [3.63, 3.8) is 0 Å². The molecule has 11 aromatic rings. The van der Waals surface area contributed by atoms with Crippen molar-refractivity contribution in [1.29, 1.82) is 5.26 Å². The van der Waals surface area contributed by atoms with Crippen molar-refractivity contribution in [3.05, 3.63) is 313 Å². The summed E-state index contributed by atoms with van der Waals surface area (Å²) in [5.74, 6) is 0.447. The molecule has 4 aliphatic rings. The van der Waals surface area contributed by atoms with E-state index in [4.69, 9.17) is 35.8 Å². The summed E-state index contributed by atoms with van der Waals surface area (Å²) in [6, 6.07) is 50.6. The zero-order valence-electron chi connectivity index (χ0n) is 79.8. The number of carboxylic acid groups (broad SMARTS) is 1. The summed E-state index contributed by atoms with van der Waals surface area (Å²) >= 11 is 6.23. The molecule has 11 unspecified atom stereocenters. The van der Waals surface area contributed by atoms with Crippen LogP contribution in [-0.2, 0) is 35.7 Å². The molecular formula is C105H127ClF4N14O11. The molecular weight excluding hydrogens is 1740 g/mol. The number of halogens is 5. The summed E-state index contributed by atoms with van der Waals surface area (Å²) in [6.07, 6.45) is 9.82. The van der Waals surface area contributed by atoms with Crippen molar-refractivity contribution in [1.82, 2.24) is 59.1 Å². The molecule has 15 rings (SSSR count). The zero-order chi connectivity index (χ0) is 97.9. The number of allylic oxidation sites excluding steroid dienone is 2. The maximum absolute atomic E-state index is 13.7. The topological polar surface area (TPSA) is 305 Å². The van der Waals surface area contributed by atoms with Gasteiger partial charge >= 0.3 is 12.1 Å². The van der Waals surface area contributed by atoms with Crippen molar-refractivity contribution in [2.45, 2.75) is 187 Å². The molecule has 3 aliphatic heterocycles. The molecule has 9 heterocycles. The van der Waals surface area contributed by atoms with Crippen LogP contribution < -0.4 is 29.8 Å². The number of fused-ring (bicyclic) bond motifs is 2. The Labute approximate surface area is 794 Å². The van der Waals surface area contributed by atoms with Gasteiger partial charge in [0.15, 0.2) is 6.04 Å². The third-order valence-corrected chi connectivity index (χ3v) is 25.5. The van der Waals surface area contributed by atoms with Crippen LogP contribution in [0, 0.1) is 36.9 Å². The fraction of sp³-hybridized carbons (Fsp3) is 0.410. The molecule has 5 aromatic carbocycles. The highest BCUT2D eigenvalue weighted by Crippen LogP contribution is 2.41. The fourth-order valence-corrected chi connectivity index (χ4v) is 17.0. The Balaban J connectivity index is 0.000000168. The van der Waals surface area contributed by atoms with Gasteiger partial charge in [-0.3, -0.25) is 38.6 Å². The number of aromatic nitrogens is 8. The molecule has 2 amide bonds. The van der Waals surface area contributed by atoms with Crippen LogP contribution in [-0.4, -0.2) is 203 Å². The number of hydrogen-bond donors (Lipinski definition) is 5. The molecule has 30 heteroatoms. The molecule has 135 heavy (non-hydrogen) atoms. The molecule has 0 saturated carbocycles. The number of nitrogens with one attached hydrogen (secondary N) is 2. The fourth-order valence-electron chi connectivity index (χ4n) is 16.7. The van der Waals surface area contributed by atoms with E-state index in [0.29, 0.717) is 66.2 Å². The van der Waals surface area contributed by atoms with Crippen LogP contribution in [0.25, 0.3) is 5.57 Å². The van der Waals surface area contributed by atoms with Gasteiger partial charge in [-0.2, -0.15) is 28.6 Å². The van der Waals surface area contributed by atoms with Gasteiger partial charge in [-0.1, -0.05) is 139 Å². The number of methoxy groups -OCH3 is 2. The van der Waals surface area contributed by atoms with Crippen LogP contribution in [0.5, 0.6) is 23.1 Å². The molecule has 5 N–H and O–H groups in total.